The van der Waals surface area contributed by atoms with Gasteiger partial charge in [0.1, 0.15) is 17.7 Å². The molecule has 0 aliphatic heterocycles. The lowest BCUT2D eigenvalue weighted by Gasteiger charge is -2.13. The van der Waals surface area contributed by atoms with Gasteiger partial charge in [0.2, 0.25) is 5.88 Å². The number of rotatable bonds is 4. The molecule has 0 atom stereocenters. The van der Waals surface area contributed by atoms with E-state index in [0.717, 1.165) is 0 Å². The molecule has 0 aliphatic carbocycles. The number of fused-ring (bicyclic) bond motifs is 1. The van der Waals surface area contributed by atoms with Crippen LogP contribution in [-0.2, 0) is 11.3 Å². The fourth-order valence-electron chi connectivity index (χ4n) is 2.49. The first-order valence-electron chi connectivity index (χ1n) is 7.24. The topological polar surface area (TPSA) is 79.1 Å². The third-order valence-electron chi connectivity index (χ3n) is 3.63. The van der Waals surface area contributed by atoms with E-state index < -0.39 is 5.97 Å². The number of pyridine rings is 1. The van der Waals surface area contributed by atoms with Crippen LogP contribution < -0.4 is 4.74 Å². The molecule has 0 bridgehead atoms. The number of nitrogens with zero attached hydrogens (tertiary/aromatic N) is 4. The number of methoxy groups -OCH3 is 2. The van der Waals surface area contributed by atoms with Crippen molar-refractivity contribution in [2.45, 2.75) is 13.5 Å². The number of aryl methyl sites for hydroxylation is 1. The third kappa shape index (κ3) is 3.25. The largest absolute Gasteiger partial charge is 0.480 e. The summed E-state index contributed by atoms with van der Waals surface area (Å²) in [5.74, 6) is 0.237. The molecule has 0 saturated heterocycles. The first-order chi connectivity index (χ1) is 11.9. The Hall–Kier alpha value is -2.38. The van der Waals surface area contributed by atoms with Crippen molar-refractivity contribution in [1.29, 1.82) is 0 Å². The van der Waals surface area contributed by atoms with Crippen molar-refractivity contribution in [3.8, 4) is 5.88 Å². The second-order valence-corrected chi connectivity index (χ2v) is 6.03. The molecule has 7 nitrogen and oxygen atoms in total. The van der Waals surface area contributed by atoms with Crippen LogP contribution in [-0.4, -0.2) is 39.9 Å². The van der Waals surface area contributed by atoms with Gasteiger partial charge in [0.15, 0.2) is 0 Å². The van der Waals surface area contributed by atoms with Gasteiger partial charge in [-0.15, -0.1) is 0 Å². The first kappa shape index (κ1) is 17.4. The molecular formula is C16H14Cl2N4O3. The van der Waals surface area contributed by atoms with Crippen LogP contribution >= 0.6 is 23.2 Å². The van der Waals surface area contributed by atoms with Crippen molar-refractivity contribution in [3.05, 3.63) is 45.5 Å². The number of hydrogen-bond acceptors (Lipinski definition) is 6. The van der Waals surface area contributed by atoms with Crippen LogP contribution in [0.3, 0.4) is 0 Å². The monoisotopic (exact) mass is 380 g/mol. The molecule has 2 heterocycles. The highest BCUT2D eigenvalue weighted by Gasteiger charge is 2.20. The van der Waals surface area contributed by atoms with E-state index in [-0.39, 0.29) is 11.4 Å². The number of ether oxygens (including phenoxy) is 2. The minimum absolute atomic E-state index is 0.147. The molecule has 25 heavy (non-hydrogen) atoms. The maximum Gasteiger partial charge on any atom is 0.343 e. The first-order valence-corrected chi connectivity index (χ1v) is 8.00. The summed E-state index contributed by atoms with van der Waals surface area (Å²) in [6.45, 7) is 2.11. The molecule has 3 aromatic rings. The van der Waals surface area contributed by atoms with E-state index >= 15 is 0 Å². The summed E-state index contributed by atoms with van der Waals surface area (Å²) in [6, 6.07) is 3.26. The SMILES string of the molecule is COC(=O)c1cc2cc(Cl)c(Cl)c(Cn3cnc(C)n3)c2nc1OC. The molecule has 130 valence electrons. The van der Waals surface area contributed by atoms with Gasteiger partial charge in [-0.05, 0) is 19.1 Å². The summed E-state index contributed by atoms with van der Waals surface area (Å²) in [5, 5.41) is 5.61. The molecule has 0 spiro atoms. The van der Waals surface area contributed by atoms with E-state index in [4.69, 9.17) is 32.7 Å². The summed E-state index contributed by atoms with van der Waals surface area (Å²) in [7, 11) is 2.72. The molecule has 0 aliphatic rings. The van der Waals surface area contributed by atoms with Crippen LogP contribution in [0, 0.1) is 6.92 Å². The zero-order valence-corrected chi connectivity index (χ0v) is 15.2. The summed E-state index contributed by atoms with van der Waals surface area (Å²) in [5.41, 5.74) is 1.43. The van der Waals surface area contributed by atoms with Gasteiger partial charge in [-0.2, -0.15) is 5.10 Å². The van der Waals surface area contributed by atoms with Crippen LogP contribution in [0.25, 0.3) is 10.9 Å². The Bertz CT molecular complexity index is 972. The van der Waals surface area contributed by atoms with Crippen LogP contribution in [0.4, 0.5) is 0 Å². The van der Waals surface area contributed by atoms with Crippen LogP contribution in [0.2, 0.25) is 10.0 Å². The fourth-order valence-corrected chi connectivity index (χ4v) is 2.93. The smallest absolute Gasteiger partial charge is 0.343 e. The quantitative estimate of drug-likeness (QED) is 0.646. The highest BCUT2D eigenvalue weighted by Crippen LogP contribution is 2.35. The number of hydrogen-bond donors (Lipinski definition) is 0. The van der Waals surface area contributed by atoms with Crippen LogP contribution in [0.5, 0.6) is 5.88 Å². The summed E-state index contributed by atoms with van der Waals surface area (Å²) in [4.78, 5) is 20.5. The van der Waals surface area contributed by atoms with Crippen molar-refractivity contribution in [3.63, 3.8) is 0 Å². The molecule has 0 amide bonds. The van der Waals surface area contributed by atoms with Gasteiger partial charge in [-0.3, -0.25) is 0 Å². The second kappa shape index (κ2) is 6.85. The maximum atomic E-state index is 11.9. The number of benzene rings is 1. The molecule has 9 heteroatoms. The van der Waals surface area contributed by atoms with Gasteiger partial charge in [-0.1, -0.05) is 23.2 Å². The van der Waals surface area contributed by atoms with Crippen molar-refractivity contribution in [1.82, 2.24) is 19.7 Å². The highest BCUT2D eigenvalue weighted by molar-refractivity contribution is 6.43. The van der Waals surface area contributed by atoms with Gasteiger partial charge in [0.05, 0.1) is 36.3 Å². The molecule has 1 aromatic carbocycles. The molecule has 0 unspecified atom stereocenters. The molecule has 0 N–H and O–H groups in total. The molecular weight excluding hydrogens is 367 g/mol. The minimum Gasteiger partial charge on any atom is -0.480 e. The lowest BCUT2D eigenvalue weighted by molar-refractivity contribution is 0.0596. The predicted octanol–water partition coefficient (Wildman–Crippen LogP) is 3.29. The second-order valence-electron chi connectivity index (χ2n) is 5.25. The Morgan fingerprint density at radius 1 is 1.28 bits per heavy atom. The van der Waals surface area contributed by atoms with Gasteiger partial charge < -0.3 is 9.47 Å². The molecule has 2 aromatic heterocycles. The average Bonchev–Trinajstić information content (AvgIpc) is 3.02. The van der Waals surface area contributed by atoms with E-state index in [0.29, 0.717) is 38.9 Å². The maximum absolute atomic E-state index is 11.9. The standard InChI is InChI=1S/C16H14Cl2N4O3/c1-8-19-7-22(21-8)6-11-13(18)12(17)5-9-4-10(16(23)25-3)15(24-2)20-14(9)11/h4-5,7H,6H2,1-3H3. The van der Waals surface area contributed by atoms with E-state index in [1.807, 2.05) is 0 Å². The van der Waals surface area contributed by atoms with Crippen molar-refractivity contribution >= 4 is 40.1 Å². The third-order valence-corrected chi connectivity index (χ3v) is 4.46. The number of carbonyl (C=O) groups excluding carboxylic acids is 1. The minimum atomic E-state index is -0.550. The van der Waals surface area contributed by atoms with Crippen molar-refractivity contribution in [2.75, 3.05) is 14.2 Å². The number of esters is 1. The Balaban J connectivity index is 2.24. The number of aromatic nitrogens is 4. The lowest BCUT2D eigenvalue weighted by atomic mass is 10.1. The summed E-state index contributed by atoms with van der Waals surface area (Å²) >= 11 is 12.6. The van der Waals surface area contributed by atoms with E-state index in [1.54, 1.807) is 30.1 Å². The van der Waals surface area contributed by atoms with Crippen LogP contribution in [0.15, 0.2) is 18.5 Å². The van der Waals surface area contributed by atoms with Crippen molar-refractivity contribution < 1.29 is 14.3 Å². The molecule has 0 radical (unpaired) electrons. The van der Waals surface area contributed by atoms with Crippen molar-refractivity contribution in [2.24, 2.45) is 0 Å². The molecule has 0 saturated carbocycles. The highest BCUT2D eigenvalue weighted by atomic mass is 35.5. The molecule has 0 fully saturated rings. The van der Waals surface area contributed by atoms with E-state index in [2.05, 4.69) is 15.1 Å². The predicted molar refractivity (Wildman–Crippen MR) is 93.5 cm³/mol. The zero-order chi connectivity index (χ0) is 18.1. The van der Waals surface area contributed by atoms with E-state index in [9.17, 15) is 4.79 Å². The summed E-state index contributed by atoms with van der Waals surface area (Å²) in [6.07, 6.45) is 1.60. The normalized spacial score (nSPS) is 10.9. The van der Waals surface area contributed by atoms with Gasteiger partial charge in [0.25, 0.3) is 0 Å². The fraction of sp³-hybridized carbons (Fsp3) is 0.250. The summed E-state index contributed by atoms with van der Waals surface area (Å²) < 4.78 is 11.6. The van der Waals surface area contributed by atoms with Gasteiger partial charge in [-0.25, -0.2) is 19.4 Å². The van der Waals surface area contributed by atoms with Crippen LogP contribution in [0.1, 0.15) is 21.7 Å². The molecule has 3 rings (SSSR count). The van der Waals surface area contributed by atoms with Gasteiger partial charge >= 0.3 is 5.97 Å². The van der Waals surface area contributed by atoms with E-state index in [1.165, 1.54) is 14.2 Å². The lowest BCUT2D eigenvalue weighted by Crippen LogP contribution is -2.08. The number of carbonyl (C=O) groups is 1. The number of halogens is 2. The Kier molecular flexibility index (Phi) is 4.78. The Morgan fingerprint density at radius 3 is 2.64 bits per heavy atom. The Morgan fingerprint density at radius 2 is 2.04 bits per heavy atom. The van der Waals surface area contributed by atoms with Gasteiger partial charge in [0, 0.05) is 10.9 Å². The zero-order valence-electron chi connectivity index (χ0n) is 13.7. The Labute approximate surface area is 153 Å². The average molecular weight is 381 g/mol.